The van der Waals surface area contributed by atoms with Gasteiger partial charge in [-0.3, -0.25) is 0 Å². The number of rotatable bonds is 4. The molecule has 0 bridgehead atoms. The third-order valence-corrected chi connectivity index (χ3v) is 5.87. The maximum absolute atomic E-state index is 5.00. The minimum atomic E-state index is 0.209. The normalized spacial score (nSPS) is 23.3. The van der Waals surface area contributed by atoms with E-state index in [9.17, 15) is 0 Å². The molecule has 0 spiro atoms. The second-order valence-corrected chi connectivity index (χ2v) is 7.49. The molecule has 1 heterocycles. The Hall–Kier alpha value is -0.410. The Morgan fingerprint density at radius 3 is 2.42 bits per heavy atom. The fourth-order valence-electron chi connectivity index (χ4n) is 3.33. The van der Waals surface area contributed by atoms with Crippen molar-refractivity contribution in [1.82, 2.24) is 10.3 Å². The number of nitrogens with one attached hydrogen (secondary N) is 1. The van der Waals surface area contributed by atoms with Crippen LogP contribution in [0, 0.1) is 6.92 Å². The Balaban J connectivity index is 1.91. The molecular weight excluding hydrogens is 252 g/mol. The molecule has 19 heavy (non-hydrogen) atoms. The molecule has 3 heteroatoms. The third kappa shape index (κ3) is 2.87. The highest BCUT2D eigenvalue weighted by Gasteiger charge is 2.40. The van der Waals surface area contributed by atoms with Crippen molar-refractivity contribution in [2.24, 2.45) is 0 Å². The molecule has 2 aliphatic carbocycles. The molecule has 2 nitrogen and oxygen atoms in total. The molecule has 2 saturated carbocycles. The average molecular weight is 278 g/mol. The van der Waals surface area contributed by atoms with Crippen molar-refractivity contribution >= 4 is 11.3 Å². The monoisotopic (exact) mass is 278 g/mol. The molecular formula is C16H26N2S. The molecule has 0 saturated heterocycles. The van der Waals surface area contributed by atoms with Gasteiger partial charge < -0.3 is 5.32 Å². The standard InChI is InChI=1S/C16H26N2S/c1-3-14-12(2)19-15(17-14)16(18-13-8-9-13)10-6-4-5-7-11-16/h13,18H,3-11H2,1-2H3. The SMILES string of the molecule is CCc1nc(C2(NC3CC3)CCCCCC2)sc1C. The fourth-order valence-corrected chi connectivity index (χ4v) is 4.54. The molecule has 0 unspecified atom stereocenters. The van der Waals surface area contributed by atoms with E-state index in [1.54, 1.807) is 0 Å². The Labute approximate surface area is 121 Å². The van der Waals surface area contributed by atoms with Crippen LogP contribution in [0.2, 0.25) is 0 Å². The lowest BCUT2D eigenvalue weighted by atomic mass is 9.90. The summed E-state index contributed by atoms with van der Waals surface area (Å²) in [5.41, 5.74) is 1.53. The van der Waals surface area contributed by atoms with Crippen molar-refractivity contribution in [3.05, 3.63) is 15.6 Å². The summed E-state index contributed by atoms with van der Waals surface area (Å²) in [4.78, 5) is 6.43. The Kier molecular flexibility index (Phi) is 3.95. The summed E-state index contributed by atoms with van der Waals surface area (Å²) in [6.45, 7) is 4.46. The third-order valence-electron chi connectivity index (χ3n) is 4.65. The van der Waals surface area contributed by atoms with E-state index in [0.717, 1.165) is 12.5 Å². The molecule has 3 rings (SSSR count). The van der Waals surface area contributed by atoms with Crippen LogP contribution in [0.4, 0.5) is 0 Å². The molecule has 0 aliphatic heterocycles. The highest BCUT2D eigenvalue weighted by atomic mass is 32.1. The average Bonchev–Trinajstić information content (AvgIpc) is 3.17. The summed E-state index contributed by atoms with van der Waals surface area (Å²) >= 11 is 1.95. The zero-order valence-electron chi connectivity index (χ0n) is 12.3. The second kappa shape index (κ2) is 5.53. The lowest BCUT2D eigenvalue weighted by molar-refractivity contribution is 0.285. The van der Waals surface area contributed by atoms with Crippen molar-refractivity contribution in [3.63, 3.8) is 0 Å². The Morgan fingerprint density at radius 2 is 1.89 bits per heavy atom. The smallest absolute Gasteiger partial charge is 0.113 e. The van der Waals surface area contributed by atoms with E-state index in [2.05, 4.69) is 19.2 Å². The van der Waals surface area contributed by atoms with E-state index in [1.807, 2.05) is 11.3 Å². The number of hydrogen-bond donors (Lipinski definition) is 1. The summed E-state index contributed by atoms with van der Waals surface area (Å²) in [7, 11) is 0. The number of hydrogen-bond acceptors (Lipinski definition) is 3. The van der Waals surface area contributed by atoms with E-state index in [1.165, 1.54) is 66.9 Å². The van der Waals surface area contributed by atoms with Gasteiger partial charge in [-0.25, -0.2) is 4.98 Å². The van der Waals surface area contributed by atoms with Gasteiger partial charge in [0.15, 0.2) is 0 Å². The first kappa shape index (κ1) is 13.6. The second-order valence-electron chi connectivity index (χ2n) is 6.29. The predicted octanol–water partition coefficient (Wildman–Crippen LogP) is 4.32. The van der Waals surface area contributed by atoms with E-state index < -0.39 is 0 Å². The number of aromatic nitrogens is 1. The van der Waals surface area contributed by atoms with Crippen LogP contribution in [0.25, 0.3) is 0 Å². The van der Waals surface area contributed by atoms with Crippen molar-refractivity contribution in [1.29, 1.82) is 0 Å². The van der Waals surface area contributed by atoms with Crippen molar-refractivity contribution in [3.8, 4) is 0 Å². The summed E-state index contributed by atoms with van der Waals surface area (Å²) in [6.07, 6.45) is 11.9. The molecule has 106 valence electrons. The van der Waals surface area contributed by atoms with Crippen LogP contribution in [-0.2, 0) is 12.0 Å². The molecule has 0 aromatic carbocycles. The van der Waals surface area contributed by atoms with Gasteiger partial charge in [0.1, 0.15) is 5.01 Å². The Morgan fingerprint density at radius 1 is 1.21 bits per heavy atom. The van der Waals surface area contributed by atoms with Crippen LogP contribution < -0.4 is 5.32 Å². The van der Waals surface area contributed by atoms with E-state index in [0.29, 0.717) is 0 Å². The largest absolute Gasteiger partial charge is 0.303 e. The minimum absolute atomic E-state index is 0.209. The van der Waals surface area contributed by atoms with Gasteiger partial charge in [-0.1, -0.05) is 32.6 Å². The first-order chi connectivity index (χ1) is 9.23. The summed E-state index contributed by atoms with van der Waals surface area (Å²) < 4.78 is 0. The zero-order valence-corrected chi connectivity index (χ0v) is 13.1. The quantitative estimate of drug-likeness (QED) is 0.830. The molecule has 1 aromatic rings. The fraction of sp³-hybridized carbons (Fsp3) is 0.812. The molecule has 0 amide bonds. The van der Waals surface area contributed by atoms with E-state index in [4.69, 9.17) is 4.98 Å². The predicted molar refractivity (Wildman–Crippen MR) is 81.8 cm³/mol. The van der Waals surface area contributed by atoms with Crippen molar-refractivity contribution < 1.29 is 0 Å². The van der Waals surface area contributed by atoms with Gasteiger partial charge in [0.25, 0.3) is 0 Å². The van der Waals surface area contributed by atoms with Gasteiger partial charge >= 0.3 is 0 Å². The molecule has 1 aromatic heterocycles. The molecule has 1 N–H and O–H groups in total. The lowest BCUT2D eigenvalue weighted by Gasteiger charge is -2.32. The summed E-state index contributed by atoms with van der Waals surface area (Å²) in [5, 5.41) is 5.36. The van der Waals surface area contributed by atoms with Gasteiger partial charge in [0, 0.05) is 10.9 Å². The summed E-state index contributed by atoms with van der Waals surface area (Å²) in [6, 6.07) is 0.771. The topological polar surface area (TPSA) is 24.9 Å². The highest BCUT2D eigenvalue weighted by Crippen LogP contribution is 2.41. The van der Waals surface area contributed by atoms with Gasteiger partial charge in [0.05, 0.1) is 11.2 Å². The van der Waals surface area contributed by atoms with E-state index >= 15 is 0 Å². The maximum atomic E-state index is 5.00. The molecule has 0 atom stereocenters. The number of thiazole rings is 1. The van der Waals surface area contributed by atoms with Gasteiger partial charge in [-0.05, 0) is 39.0 Å². The molecule has 2 aliphatic rings. The van der Waals surface area contributed by atoms with Crippen LogP contribution in [0.1, 0.15) is 73.9 Å². The maximum Gasteiger partial charge on any atom is 0.113 e. The first-order valence-corrected chi connectivity index (χ1v) is 8.79. The van der Waals surface area contributed by atoms with Crippen LogP contribution in [0.5, 0.6) is 0 Å². The number of aryl methyl sites for hydroxylation is 2. The van der Waals surface area contributed by atoms with Crippen LogP contribution in [0.15, 0.2) is 0 Å². The van der Waals surface area contributed by atoms with Gasteiger partial charge in [-0.15, -0.1) is 11.3 Å². The first-order valence-electron chi connectivity index (χ1n) is 7.98. The Bertz CT molecular complexity index is 426. The van der Waals surface area contributed by atoms with Gasteiger partial charge in [-0.2, -0.15) is 0 Å². The van der Waals surface area contributed by atoms with Crippen LogP contribution in [0.3, 0.4) is 0 Å². The lowest BCUT2D eigenvalue weighted by Crippen LogP contribution is -2.43. The minimum Gasteiger partial charge on any atom is -0.303 e. The van der Waals surface area contributed by atoms with E-state index in [-0.39, 0.29) is 5.54 Å². The van der Waals surface area contributed by atoms with Crippen molar-refractivity contribution in [2.45, 2.75) is 83.2 Å². The zero-order chi connectivity index (χ0) is 13.3. The van der Waals surface area contributed by atoms with Gasteiger partial charge in [0.2, 0.25) is 0 Å². The molecule has 0 radical (unpaired) electrons. The van der Waals surface area contributed by atoms with Crippen LogP contribution in [-0.4, -0.2) is 11.0 Å². The van der Waals surface area contributed by atoms with Crippen molar-refractivity contribution in [2.75, 3.05) is 0 Å². The highest BCUT2D eigenvalue weighted by molar-refractivity contribution is 7.11. The number of nitrogens with zero attached hydrogens (tertiary/aromatic N) is 1. The summed E-state index contributed by atoms with van der Waals surface area (Å²) in [5.74, 6) is 0. The molecule has 2 fully saturated rings. The van der Waals surface area contributed by atoms with Crippen LogP contribution >= 0.6 is 11.3 Å².